The molecule has 7 nitrogen and oxygen atoms in total. The van der Waals surface area contributed by atoms with Gasteiger partial charge in [0.05, 0.1) is 18.3 Å². The van der Waals surface area contributed by atoms with Gasteiger partial charge in [0.15, 0.2) is 0 Å². The van der Waals surface area contributed by atoms with Gasteiger partial charge >= 0.3 is 6.03 Å². The smallest absolute Gasteiger partial charge is 0.321 e. The number of carbonyl (C=O) groups excluding carboxylic acids is 2. The molecule has 2 N–H and O–H groups in total. The second-order valence-corrected chi connectivity index (χ2v) is 7.87. The van der Waals surface area contributed by atoms with E-state index in [1.807, 2.05) is 72.3 Å². The fraction of sp³-hybridized carbons (Fsp3) is 0.292. The highest BCUT2D eigenvalue weighted by atomic mass is 16.2. The van der Waals surface area contributed by atoms with Gasteiger partial charge in [-0.15, -0.1) is 0 Å². The molecule has 2 aromatic carbocycles. The summed E-state index contributed by atoms with van der Waals surface area (Å²) < 4.78 is 1.93. The van der Waals surface area contributed by atoms with Crippen LogP contribution in [0.5, 0.6) is 0 Å². The van der Waals surface area contributed by atoms with E-state index in [1.165, 1.54) is 0 Å². The number of para-hydroxylation sites is 1. The number of rotatable bonds is 5. The summed E-state index contributed by atoms with van der Waals surface area (Å²) >= 11 is 0. The zero-order valence-corrected chi connectivity index (χ0v) is 17.6. The van der Waals surface area contributed by atoms with E-state index in [4.69, 9.17) is 0 Å². The van der Waals surface area contributed by atoms with Crippen molar-refractivity contribution in [2.45, 2.75) is 25.8 Å². The summed E-state index contributed by atoms with van der Waals surface area (Å²) in [5.41, 5.74) is 2.81. The second-order valence-electron chi connectivity index (χ2n) is 7.87. The fourth-order valence-corrected chi connectivity index (χ4v) is 3.86. The van der Waals surface area contributed by atoms with Crippen molar-refractivity contribution >= 4 is 17.6 Å². The first-order valence-electron chi connectivity index (χ1n) is 10.6. The molecule has 1 aliphatic heterocycles. The highest BCUT2D eigenvalue weighted by Gasteiger charge is 2.29. The maximum Gasteiger partial charge on any atom is 0.321 e. The Morgan fingerprint density at radius 2 is 1.87 bits per heavy atom. The van der Waals surface area contributed by atoms with E-state index in [9.17, 15) is 9.59 Å². The monoisotopic (exact) mass is 417 g/mol. The number of hydrogen-bond donors (Lipinski definition) is 2. The molecule has 1 aromatic heterocycles. The lowest BCUT2D eigenvalue weighted by atomic mass is 9.96. The van der Waals surface area contributed by atoms with Crippen LogP contribution in [-0.2, 0) is 4.79 Å². The highest BCUT2D eigenvalue weighted by molar-refractivity contribution is 5.90. The molecule has 3 aromatic rings. The van der Waals surface area contributed by atoms with Crippen LogP contribution >= 0.6 is 0 Å². The SMILES string of the molecule is C[C@H](NC(=O)[C@@H]1CCCN(C(=O)Nc2ccccc2)C1)c1ccc(-n2ccnc2)cc1. The normalized spacial score (nSPS) is 17.1. The van der Waals surface area contributed by atoms with Crippen molar-refractivity contribution in [3.05, 3.63) is 78.9 Å². The minimum Gasteiger partial charge on any atom is -0.349 e. The number of aromatic nitrogens is 2. The first-order valence-corrected chi connectivity index (χ1v) is 10.6. The molecule has 0 radical (unpaired) electrons. The van der Waals surface area contributed by atoms with Crippen LogP contribution in [0.2, 0.25) is 0 Å². The molecule has 4 rings (SSSR count). The van der Waals surface area contributed by atoms with E-state index in [-0.39, 0.29) is 23.9 Å². The topological polar surface area (TPSA) is 79.3 Å². The quantitative estimate of drug-likeness (QED) is 0.659. The molecule has 2 heterocycles. The van der Waals surface area contributed by atoms with Crippen LogP contribution in [0.3, 0.4) is 0 Å². The predicted molar refractivity (Wildman–Crippen MR) is 120 cm³/mol. The van der Waals surface area contributed by atoms with Crippen LogP contribution in [0.25, 0.3) is 5.69 Å². The van der Waals surface area contributed by atoms with Gasteiger partial charge in [0.1, 0.15) is 0 Å². The van der Waals surface area contributed by atoms with E-state index < -0.39 is 0 Å². The van der Waals surface area contributed by atoms with E-state index in [0.29, 0.717) is 13.1 Å². The van der Waals surface area contributed by atoms with Crippen molar-refractivity contribution in [3.8, 4) is 5.69 Å². The summed E-state index contributed by atoms with van der Waals surface area (Å²) in [6.45, 7) is 3.07. The van der Waals surface area contributed by atoms with Crippen LogP contribution in [-0.4, -0.2) is 39.5 Å². The Bertz CT molecular complexity index is 1000. The van der Waals surface area contributed by atoms with Gasteiger partial charge in [-0.25, -0.2) is 9.78 Å². The Balaban J connectivity index is 1.32. The molecule has 0 aliphatic carbocycles. The predicted octanol–water partition coefficient (Wildman–Crippen LogP) is 3.99. The van der Waals surface area contributed by atoms with Gasteiger partial charge in [0.2, 0.25) is 5.91 Å². The molecule has 31 heavy (non-hydrogen) atoms. The third-order valence-electron chi connectivity index (χ3n) is 5.66. The number of piperidine rings is 1. The molecule has 0 saturated carbocycles. The lowest BCUT2D eigenvalue weighted by Gasteiger charge is -2.32. The number of urea groups is 1. The first kappa shape index (κ1) is 20.7. The molecule has 1 saturated heterocycles. The van der Waals surface area contributed by atoms with Gasteiger partial charge in [-0.1, -0.05) is 30.3 Å². The molecule has 0 spiro atoms. The number of nitrogens with one attached hydrogen (secondary N) is 2. The summed E-state index contributed by atoms with van der Waals surface area (Å²) in [5, 5.41) is 6.02. The van der Waals surface area contributed by atoms with Crippen LogP contribution in [0.15, 0.2) is 73.3 Å². The van der Waals surface area contributed by atoms with Crippen molar-refractivity contribution in [1.29, 1.82) is 0 Å². The summed E-state index contributed by atoms with van der Waals surface area (Å²) in [5.74, 6) is -0.216. The zero-order chi connectivity index (χ0) is 21.6. The first-order chi connectivity index (χ1) is 15.1. The molecule has 7 heteroatoms. The van der Waals surface area contributed by atoms with Gasteiger partial charge in [0.25, 0.3) is 0 Å². The average molecular weight is 418 g/mol. The van der Waals surface area contributed by atoms with Crippen LogP contribution in [0.4, 0.5) is 10.5 Å². The maximum absolute atomic E-state index is 12.9. The van der Waals surface area contributed by atoms with Gasteiger partial charge in [-0.05, 0) is 49.6 Å². The molecule has 0 unspecified atom stereocenters. The Labute approximate surface area is 182 Å². The van der Waals surface area contributed by atoms with Crippen LogP contribution in [0, 0.1) is 5.92 Å². The number of amides is 3. The minimum atomic E-state index is -0.206. The Kier molecular flexibility index (Phi) is 6.31. The van der Waals surface area contributed by atoms with Gasteiger partial charge in [-0.3, -0.25) is 4.79 Å². The highest BCUT2D eigenvalue weighted by Crippen LogP contribution is 2.21. The van der Waals surface area contributed by atoms with E-state index >= 15 is 0 Å². The number of hydrogen-bond acceptors (Lipinski definition) is 3. The van der Waals surface area contributed by atoms with E-state index in [1.54, 1.807) is 17.4 Å². The Morgan fingerprint density at radius 3 is 2.58 bits per heavy atom. The molecule has 1 fully saturated rings. The second kappa shape index (κ2) is 9.47. The minimum absolute atomic E-state index is 0.0107. The molecule has 2 atom stereocenters. The number of nitrogens with zero attached hydrogens (tertiary/aromatic N) is 3. The van der Waals surface area contributed by atoms with Crippen molar-refractivity contribution in [2.24, 2.45) is 5.92 Å². The standard InChI is InChI=1S/C24H27N5O2/c1-18(19-9-11-22(12-10-19)29-15-13-25-17-29)26-23(30)20-6-5-14-28(16-20)24(31)27-21-7-3-2-4-8-21/h2-4,7-13,15,17-18,20H,5-6,14,16H2,1H3,(H,26,30)(H,27,31)/t18-,20+/m0/s1. The summed E-state index contributed by atoms with van der Waals surface area (Å²) in [4.78, 5) is 31.3. The fourth-order valence-electron chi connectivity index (χ4n) is 3.86. The summed E-state index contributed by atoms with van der Waals surface area (Å²) in [7, 11) is 0. The maximum atomic E-state index is 12.9. The summed E-state index contributed by atoms with van der Waals surface area (Å²) in [6, 6.07) is 17.1. The average Bonchev–Trinajstić information content (AvgIpc) is 3.35. The molecule has 160 valence electrons. The largest absolute Gasteiger partial charge is 0.349 e. The number of anilines is 1. The summed E-state index contributed by atoms with van der Waals surface area (Å²) in [6.07, 6.45) is 6.98. The zero-order valence-electron chi connectivity index (χ0n) is 17.6. The number of imidazole rings is 1. The Morgan fingerprint density at radius 1 is 1.10 bits per heavy atom. The number of carbonyl (C=O) groups is 2. The Hall–Kier alpha value is -3.61. The third kappa shape index (κ3) is 5.12. The molecule has 0 bridgehead atoms. The van der Waals surface area contributed by atoms with Crippen LogP contribution < -0.4 is 10.6 Å². The molecular formula is C24H27N5O2. The third-order valence-corrected chi connectivity index (χ3v) is 5.66. The lowest BCUT2D eigenvalue weighted by molar-refractivity contribution is -0.126. The van der Waals surface area contributed by atoms with Crippen molar-refractivity contribution in [2.75, 3.05) is 18.4 Å². The van der Waals surface area contributed by atoms with E-state index in [0.717, 1.165) is 29.8 Å². The lowest BCUT2D eigenvalue weighted by Crippen LogP contribution is -2.47. The van der Waals surface area contributed by atoms with Crippen molar-refractivity contribution in [1.82, 2.24) is 19.8 Å². The van der Waals surface area contributed by atoms with Crippen molar-refractivity contribution in [3.63, 3.8) is 0 Å². The molecule has 3 amide bonds. The van der Waals surface area contributed by atoms with Gasteiger partial charge < -0.3 is 20.1 Å². The van der Waals surface area contributed by atoms with Crippen molar-refractivity contribution < 1.29 is 9.59 Å². The van der Waals surface area contributed by atoms with E-state index in [2.05, 4.69) is 15.6 Å². The number of likely N-dealkylation sites (tertiary alicyclic amines) is 1. The number of benzene rings is 2. The van der Waals surface area contributed by atoms with Gasteiger partial charge in [0, 0.05) is 36.9 Å². The van der Waals surface area contributed by atoms with Crippen LogP contribution in [0.1, 0.15) is 31.4 Å². The van der Waals surface area contributed by atoms with Gasteiger partial charge in [-0.2, -0.15) is 0 Å². The molecule has 1 aliphatic rings. The molecular weight excluding hydrogens is 390 g/mol.